The normalized spacial score (nSPS) is 11.0. The second-order valence-corrected chi connectivity index (χ2v) is 6.18. The summed E-state index contributed by atoms with van der Waals surface area (Å²) in [5, 5.41) is 9.44. The number of nitrogens with zero attached hydrogens (tertiary/aromatic N) is 1. The molecule has 150 valence electrons. The van der Waals surface area contributed by atoms with Gasteiger partial charge in [-0.05, 0) is 37.6 Å². The minimum atomic E-state index is -0.0420. The molecule has 2 aromatic rings. The number of amides is 1. The lowest BCUT2D eigenvalue weighted by atomic mass is 10.2. The summed E-state index contributed by atoms with van der Waals surface area (Å²) in [6.45, 7) is 5.52. The minimum Gasteiger partial charge on any atom is -0.494 e. The van der Waals surface area contributed by atoms with E-state index >= 15 is 0 Å². The summed E-state index contributed by atoms with van der Waals surface area (Å²) in [5.74, 6) is 1.63. The monoisotopic (exact) mass is 382 g/mol. The zero-order chi connectivity index (χ0) is 19.9. The molecule has 0 unspecified atom stereocenters. The number of hydrogen-bond donors (Lipinski definition) is 3. The van der Waals surface area contributed by atoms with Gasteiger partial charge in [-0.1, -0.05) is 36.4 Å². The summed E-state index contributed by atoms with van der Waals surface area (Å²) >= 11 is 0. The van der Waals surface area contributed by atoms with E-state index in [4.69, 9.17) is 4.74 Å². The topological polar surface area (TPSA) is 74.8 Å². The van der Waals surface area contributed by atoms with E-state index in [2.05, 4.69) is 20.9 Å². The Morgan fingerprint density at radius 1 is 0.893 bits per heavy atom. The van der Waals surface area contributed by atoms with Gasteiger partial charge >= 0.3 is 0 Å². The molecule has 0 aliphatic heterocycles. The van der Waals surface area contributed by atoms with E-state index in [1.807, 2.05) is 67.6 Å². The number of ether oxygens (including phenoxy) is 1. The van der Waals surface area contributed by atoms with Gasteiger partial charge in [-0.2, -0.15) is 0 Å². The van der Waals surface area contributed by atoms with Crippen LogP contribution in [0, 0.1) is 0 Å². The highest BCUT2D eigenvalue weighted by Gasteiger charge is 2.03. The molecule has 6 heteroatoms. The molecule has 28 heavy (non-hydrogen) atoms. The Morgan fingerprint density at radius 3 is 2.29 bits per heavy atom. The average molecular weight is 383 g/mol. The molecule has 2 aromatic carbocycles. The van der Waals surface area contributed by atoms with Crippen LogP contribution in [0.25, 0.3) is 0 Å². The smallest absolute Gasteiger partial charge is 0.251 e. The maximum Gasteiger partial charge on any atom is 0.251 e. The van der Waals surface area contributed by atoms with Crippen molar-refractivity contribution in [2.45, 2.75) is 19.8 Å². The molecule has 0 atom stereocenters. The van der Waals surface area contributed by atoms with Gasteiger partial charge in [0, 0.05) is 38.2 Å². The van der Waals surface area contributed by atoms with Gasteiger partial charge in [-0.25, -0.2) is 0 Å². The summed E-state index contributed by atoms with van der Waals surface area (Å²) in [7, 11) is 0. The van der Waals surface area contributed by atoms with Gasteiger partial charge in [-0.3, -0.25) is 9.79 Å². The molecule has 0 radical (unpaired) electrons. The third kappa shape index (κ3) is 8.58. The molecule has 0 saturated carbocycles. The number of hydrogen-bond acceptors (Lipinski definition) is 3. The first kappa shape index (κ1) is 21.3. The number of carbonyl (C=O) groups excluding carboxylic acids is 1. The van der Waals surface area contributed by atoms with Crippen molar-refractivity contribution < 1.29 is 9.53 Å². The number of guanidine groups is 1. The Balaban J connectivity index is 1.59. The van der Waals surface area contributed by atoms with Gasteiger partial charge in [0.05, 0.1) is 6.61 Å². The number of carbonyl (C=O) groups is 1. The summed E-state index contributed by atoms with van der Waals surface area (Å²) in [4.78, 5) is 16.5. The van der Waals surface area contributed by atoms with Gasteiger partial charge < -0.3 is 20.7 Å². The molecule has 0 bridgehead atoms. The van der Waals surface area contributed by atoms with E-state index in [-0.39, 0.29) is 5.91 Å². The first-order chi connectivity index (χ1) is 13.8. The minimum absolute atomic E-state index is 0.0420. The molecule has 0 saturated heterocycles. The predicted molar refractivity (Wildman–Crippen MR) is 114 cm³/mol. The van der Waals surface area contributed by atoms with Crippen molar-refractivity contribution in [1.29, 1.82) is 0 Å². The fraction of sp³-hybridized carbons (Fsp3) is 0.364. The van der Waals surface area contributed by atoms with Crippen molar-refractivity contribution in [1.82, 2.24) is 16.0 Å². The van der Waals surface area contributed by atoms with Gasteiger partial charge in [-0.15, -0.1) is 0 Å². The lowest BCUT2D eigenvalue weighted by molar-refractivity contribution is 0.0953. The Kier molecular flexibility index (Phi) is 10.0. The second-order valence-electron chi connectivity index (χ2n) is 6.18. The highest BCUT2D eigenvalue weighted by molar-refractivity contribution is 5.94. The van der Waals surface area contributed by atoms with Crippen LogP contribution in [0.4, 0.5) is 0 Å². The van der Waals surface area contributed by atoms with Crippen molar-refractivity contribution >= 4 is 11.9 Å². The van der Waals surface area contributed by atoms with E-state index in [1.54, 1.807) is 0 Å². The third-order valence-electron chi connectivity index (χ3n) is 3.90. The summed E-state index contributed by atoms with van der Waals surface area (Å²) < 4.78 is 5.67. The number of aliphatic imine (C=N–C) groups is 1. The maximum atomic E-state index is 12.0. The zero-order valence-electron chi connectivity index (χ0n) is 16.5. The van der Waals surface area contributed by atoms with Gasteiger partial charge in [0.1, 0.15) is 5.75 Å². The summed E-state index contributed by atoms with van der Waals surface area (Å²) in [5.41, 5.74) is 0.683. The molecule has 0 aliphatic carbocycles. The molecule has 0 spiro atoms. The van der Waals surface area contributed by atoms with E-state index in [0.717, 1.165) is 37.6 Å². The van der Waals surface area contributed by atoms with Crippen molar-refractivity contribution in [2.24, 2.45) is 4.99 Å². The first-order valence-electron chi connectivity index (χ1n) is 9.83. The lowest BCUT2D eigenvalue weighted by Crippen LogP contribution is -2.39. The zero-order valence-corrected chi connectivity index (χ0v) is 16.5. The quantitative estimate of drug-likeness (QED) is 0.317. The predicted octanol–water partition coefficient (Wildman–Crippen LogP) is 2.83. The Hall–Kier alpha value is -3.02. The molecular weight excluding hydrogens is 352 g/mol. The molecule has 6 nitrogen and oxygen atoms in total. The lowest BCUT2D eigenvalue weighted by Gasteiger charge is -2.12. The number of para-hydroxylation sites is 1. The number of rotatable bonds is 11. The summed E-state index contributed by atoms with van der Waals surface area (Å²) in [6, 6.07) is 19.0. The van der Waals surface area contributed by atoms with Crippen LogP contribution in [0.1, 0.15) is 30.1 Å². The van der Waals surface area contributed by atoms with Crippen LogP contribution in [0.15, 0.2) is 65.7 Å². The standard InChI is InChI=1S/C22H30N4O2/c1-2-23-22(26-17-10-18-28-20-13-7-4-8-14-20)25-16-9-15-24-21(27)19-11-5-3-6-12-19/h3-8,11-14H,2,9-10,15-18H2,1H3,(H,24,27)(H2,23,25,26). The Morgan fingerprint density at radius 2 is 1.57 bits per heavy atom. The van der Waals surface area contributed by atoms with Gasteiger partial charge in [0.2, 0.25) is 0 Å². The highest BCUT2D eigenvalue weighted by Crippen LogP contribution is 2.08. The van der Waals surface area contributed by atoms with Crippen molar-refractivity contribution in [2.75, 3.05) is 32.8 Å². The van der Waals surface area contributed by atoms with Crippen LogP contribution in [-0.4, -0.2) is 44.7 Å². The van der Waals surface area contributed by atoms with Crippen LogP contribution in [0.3, 0.4) is 0 Å². The SMILES string of the molecule is CCNC(=NCCCOc1ccccc1)NCCCNC(=O)c1ccccc1. The number of nitrogens with one attached hydrogen (secondary N) is 3. The van der Waals surface area contributed by atoms with E-state index in [1.165, 1.54) is 0 Å². The molecule has 0 aromatic heterocycles. The van der Waals surface area contributed by atoms with Crippen LogP contribution in [0.2, 0.25) is 0 Å². The maximum absolute atomic E-state index is 12.0. The van der Waals surface area contributed by atoms with Crippen LogP contribution in [0.5, 0.6) is 5.75 Å². The van der Waals surface area contributed by atoms with Crippen molar-refractivity contribution in [3.63, 3.8) is 0 Å². The molecular formula is C22H30N4O2. The first-order valence-corrected chi connectivity index (χ1v) is 9.83. The van der Waals surface area contributed by atoms with E-state index in [0.29, 0.717) is 25.3 Å². The van der Waals surface area contributed by atoms with Crippen LogP contribution in [-0.2, 0) is 0 Å². The average Bonchev–Trinajstić information content (AvgIpc) is 2.74. The molecule has 0 fully saturated rings. The van der Waals surface area contributed by atoms with Crippen LogP contribution < -0.4 is 20.7 Å². The Bertz CT molecular complexity index is 705. The largest absolute Gasteiger partial charge is 0.494 e. The van der Waals surface area contributed by atoms with Crippen molar-refractivity contribution in [3.8, 4) is 5.75 Å². The fourth-order valence-corrected chi connectivity index (χ4v) is 2.49. The van der Waals surface area contributed by atoms with Crippen LogP contribution >= 0.6 is 0 Å². The molecule has 0 heterocycles. The van der Waals surface area contributed by atoms with Crippen molar-refractivity contribution in [3.05, 3.63) is 66.2 Å². The van der Waals surface area contributed by atoms with E-state index in [9.17, 15) is 4.79 Å². The summed E-state index contributed by atoms with van der Waals surface area (Å²) in [6.07, 6.45) is 1.67. The molecule has 3 N–H and O–H groups in total. The molecule has 2 rings (SSSR count). The van der Waals surface area contributed by atoms with E-state index < -0.39 is 0 Å². The molecule has 1 amide bonds. The van der Waals surface area contributed by atoms with Gasteiger partial charge in [0.15, 0.2) is 5.96 Å². The Labute approximate surface area is 167 Å². The highest BCUT2D eigenvalue weighted by atomic mass is 16.5. The number of benzene rings is 2. The third-order valence-corrected chi connectivity index (χ3v) is 3.90. The fourth-order valence-electron chi connectivity index (χ4n) is 2.49. The molecule has 0 aliphatic rings. The second kappa shape index (κ2) is 13.2. The van der Waals surface area contributed by atoms with Gasteiger partial charge in [0.25, 0.3) is 5.91 Å².